The number of hydrogen-bond donors (Lipinski definition) is 1. The van der Waals surface area contributed by atoms with Gasteiger partial charge in [-0.15, -0.1) is 0 Å². The smallest absolute Gasteiger partial charge is 0.341 e. The first-order valence-electron chi connectivity index (χ1n) is 9.03. The molecular weight excluding hydrogens is 502 g/mol. The van der Waals surface area contributed by atoms with Crippen LogP contribution in [0.4, 0.5) is 0 Å². The molecule has 0 fully saturated rings. The van der Waals surface area contributed by atoms with Crippen molar-refractivity contribution in [3.63, 3.8) is 0 Å². The number of aromatic nitrogens is 2. The van der Waals surface area contributed by atoms with Crippen molar-refractivity contribution in [1.82, 2.24) is 14.3 Å². The molecule has 3 aromatic rings. The molecule has 0 unspecified atom stereocenters. The van der Waals surface area contributed by atoms with Crippen LogP contribution in [0.3, 0.4) is 0 Å². The maximum atomic E-state index is 12.4. The van der Waals surface area contributed by atoms with Crippen LogP contribution in [0.15, 0.2) is 62.5 Å². The molecule has 4 rings (SSSR count). The Morgan fingerprint density at radius 3 is 2.76 bits per heavy atom. The van der Waals surface area contributed by atoms with Crippen molar-refractivity contribution in [3.05, 3.63) is 84.9 Å². The number of carbonyl (C=O) groups is 1. The topological polar surface area (TPSA) is 74.9 Å². The van der Waals surface area contributed by atoms with E-state index in [2.05, 4.69) is 47.8 Å². The van der Waals surface area contributed by atoms with Crippen molar-refractivity contribution in [2.45, 2.75) is 13.0 Å². The zero-order valence-electron chi connectivity index (χ0n) is 15.3. The number of fused-ring (bicyclic) bond motifs is 1. The summed E-state index contributed by atoms with van der Waals surface area (Å²) >= 11 is 6.99. The highest BCUT2D eigenvalue weighted by atomic mass is 79.9. The second kappa shape index (κ2) is 8.22. The molecule has 8 heteroatoms. The molecule has 0 aliphatic carbocycles. The average molecular weight is 519 g/mol. The third kappa shape index (κ3) is 4.05. The molecule has 1 N–H and O–H groups in total. The van der Waals surface area contributed by atoms with Crippen molar-refractivity contribution in [2.75, 3.05) is 13.1 Å². The number of carboxylic acid groups (broad SMARTS) is 1. The third-order valence-electron chi connectivity index (χ3n) is 4.99. The van der Waals surface area contributed by atoms with E-state index in [1.54, 1.807) is 18.5 Å². The van der Waals surface area contributed by atoms with Crippen LogP contribution in [0, 0.1) is 0 Å². The van der Waals surface area contributed by atoms with Crippen LogP contribution in [-0.2, 0) is 6.54 Å². The first-order valence-corrected chi connectivity index (χ1v) is 10.6. The Hall–Kier alpha value is -2.29. The molecule has 0 radical (unpaired) electrons. The molecule has 3 aromatic heterocycles. The van der Waals surface area contributed by atoms with Gasteiger partial charge in [0.15, 0.2) is 0 Å². The molecule has 6 nitrogen and oxygen atoms in total. The number of hydrogen-bond acceptors (Lipinski definition) is 4. The van der Waals surface area contributed by atoms with Gasteiger partial charge in [-0.25, -0.2) is 4.79 Å². The van der Waals surface area contributed by atoms with E-state index in [0.29, 0.717) is 6.54 Å². The van der Waals surface area contributed by atoms with Crippen molar-refractivity contribution in [2.24, 2.45) is 0 Å². The number of aromatic carboxylic acids is 1. The first-order chi connectivity index (χ1) is 13.9. The van der Waals surface area contributed by atoms with E-state index in [1.165, 1.54) is 16.0 Å². The molecule has 1 aliphatic heterocycles. The van der Waals surface area contributed by atoms with E-state index < -0.39 is 11.5 Å². The van der Waals surface area contributed by atoms with Gasteiger partial charge in [-0.05, 0) is 73.7 Å². The molecule has 1 aliphatic rings. The summed E-state index contributed by atoms with van der Waals surface area (Å²) in [6.45, 7) is 2.10. The maximum Gasteiger partial charge on any atom is 0.341 e. The quantitative estimate of drug-likeness (QED) is 0.560. The highest BCUT2D eigenvalue weighted by Crippen LogP contribution is 2.29. The van der Waals surface area contributed by atoms with Gasteiger partial charge in [0.25, 0.3) is 5.56 Å². The Morgan fingerprint density at radius 1 is 1.24 bits per heavy atom. The summed E-state index contributed by atoms with van der Waals surface area (Å²) in [7, 11) is 0. The molecular formula is C21H17Br2N3O3. The van der Waals surface area contributed by atoms with Crippen LogP contribution in [0.1, 0.15) is 28.0 Å². The molecule has 0 amide bonds. The summed E-state index contributed by atoms with van der Waals surface area (Å²) in [5.41, 5.74) is 2.96. The Kier molecular flexibility index (Phi) is 5.67. The molecule has 148 valence electrons. The largest absolute Gasteiger partial charge is 0.477 e. The highest BCUT2D eigenvalue weighted by molar-refractivity contribution is 9.11. The van der Waals surface area contributed by atoms with Gasteiger partial charge in [-0.2, -0.15) is 0 Å². The summed E-state index contributed by atoms with van der Waals surface area (Å²) in [6, 6.07) is 8.91. The average Bonchev–Trinajstić information content (AvgIpc) is 2.71. The lowest BCUT2D eigenvalue weighted by molar-refractivity contribution is 0.0694. The second-order valence-electron chi connectivity index (χ2n) is 6.85. The third-order valence-corrected chi connectivity index (χ3v) is 6.02. The maximum absolute atomic E-state index is 12.4. The molecule has 0 aromatic carbocycles. The molecule has 0 saturated carbocycles. The van der Waals surface area contributed by atoms with Crippen LogP contribution < -0.4 is 5.56 Å². The fourth-order valence-electron chi connectivity index (χ4n) is 3.56. The van der Waals surface area contributed by atoms with Gasteiger partial charge in [0.05, 0.1) is 11.2 Å². The standard InChI is InChI=1S/C21H17Br2N3O3/c22-15-10-17(23)19(24-11-15)13-4-7-25(8-5-13)12-14-9-16(21(28)29)20(27)26-6-2-1-3-18(14)26/h1-4,6,9-11H,5,7-8,12H2,(H,28,29). The van der Waals surface area contributed by atoms with Crippen molar-refractivity contribution in [3.8, 4) is 0 Å². The minimum atomic E-state index is -1.21. The first kappa shape index (κ1) is 20.0. The Morgan fingerprint density at radius 2 is 2.07 bits per heavy atom. The Balaban J connectivity index is 1.62. The fraction of sp³-hybridized carbons (Fsp3) is 0.190. The predicted octanol–water partition coefficient (Wildman–Crippen LogP) is 4.21. The summed E-state index contributed by atoms with van der Waals surface area (Å²) in [6.07, 6.45) is 6.39. The minimum Gasteiger partial charge on any atom is -0.477 e. The van der Waals surface area contributed by atoms with Gasteiger partial charge in [-0.1, -0.05) is 12.1 Å². The van der Waals surface area contributed by atoms with E-state index >= 15 is 0 Å². The lowest BCUT2D eigenvalue weighted by atomic mass is 10.0. The predicted molar refractivity (Wildman–Crippen MR) is 118 cm³/mol. The Labute approximate surface area is 183 Å². The van der Waals surface area contributed by atoms with E-state index in [1.807, 2.05) is 18.2 Å². The number of halogens is 2. The zero-order valence-corrected chi connectivity index (χ0v) is 18.5. The molecule has 0 atom stereocenters. The van der Waals surface area contributed by atoms with Crippen LogP contribution in [0.2, 0.25) is 0 Å². The van der Waals surface area contributed by atoms with E-state index in [9.17, 15) is 14.7 Å². The monoisotopic (exact) mass is 517 g/mol. The van der Waals surface area contributed by atoms with Gasteiger partial charge in [0.1, 0.15) is 5.56 Å². The number of pyridine rings is 3. The summed E-state index contributed by atoms with van der Waals surface area (Å²) in [5, 5.41) is 9.41. The molecule has 4 heterocycles. The number of carboxylic acids is 1. The van der Waals surface area contributed by atoms with Crippen LogP contribution in [0.5, 0.6) is 0 Å². The molecule has 0 saturated heterocycles. The van der Waals surface area contributed by atoms with Crippen LogP contribution in [0.25, 0.3) is 11.1 Å². The zero-order chi connectivity index (χ0) is 20.5. The van der Waals surface area contributed by atoms with Gasteiger partial charge in [0.2, 0.25) is 0 Å². The molecule has 29 heavy (non-hydrogen) atoms. The SMILES string of the molecule is O=C(O)c1cc(CN2CC=C(c3ncc(Br)cc3Br)CC2)c2ccccn2c1=O. The molecule has 0 bridgehead atoms. The van der Waals surface area contributed by atoms with Crippen molar-refractivity contribution in [1.29, 1.82) is 0 Å². The lowest BCUT2D eigenvalue weighted by Crippen LogP contribution is -2.30. The van der Waals surface area contributed by atoms with Gasteiger partial charge >= 0.3 is 5.97 Å². The van der Waals surface area contributed by atoms with Crippen LogP contribution in [-0.4, -0.2) is 38.4 Å². The lowest BCUT2D eigenvalue weighted by Gasteiger charge is -2.27. The number of rotatable bonds is 4. The summed E-state index contributed by atoms with van der Waals surface area (Å²) in [5.74, 6) is -1.21. The highest BCUT2D eigenvalue weighted by Gasteiger charge is 2.19. The minimum absolute atomic E-state index is 0.208. The summed E-state index contributed by atoms with van der Waals surface area (Å²) in [4.78, 5) is 30.7. The van der Waals surface area contributed by atoms with Crippen LogP contribution >= 0.6 is 31.9 Å². The summed E-state index contributed by atoms with van der Waals surface area (Å²) < 4.78 is 3.28. The normalized spacial score (nSPS) is 14.8. The second-order valence-corrected chi connectivity index (χ2v) is 8.62. The Bertz CT molecular complexity index is 1200. The van der Waals surface area contributed by atoms with Crippen molar-refractivity contribution < 1.29 is 9.90 Å². The number of nitrogens with zero attached hydrogens (tertiary/aromatic N) is 3. The fourth-order valence-corrected chi connectivity index (χ4v) is 4.81. The van der Waals surface area contributed by atoms with Crippen molar-refractivity contribution >= 4 is 48.9 Å². The van der Waals surface area contributed by atoms with E-state index in [0.717, 1.165) is 45.2 Å². The van der Waals surface area contributed by atoms with Gasteiger partial charge in [0, 0.05) is 41.0 Å². The van der Waals surface area contributed by atoms with E-state index in [4.69, 9.17) is 0 Å². The molecule has 0 spiro atoms. The van der Waals surface area contributed by atoms with Gasteiger partial charge < -0.3 is 5.11 Å². The van der Waals surface area contributed by atoms with Gasteiger partial charge in [-0.3, -0.25) is 19.1 Å². The van der Waals surface area contributed by atoms with E-state index in [-0.39, 0.29) is 5.56 Å².